The number of carbonyl (C=O) groups excluding carboxylic acids is 4. The van der Waals surface area contributed by atoms with Crippen molar-refractivity contribution in [2.24, 2.45) is 0 Å². The zero-order chi connectivity index (χ0) is 20.4. The predicted octanol–water partition coefficient (Wildman–Crippen LogP) is 1.65. The number of esters is 4. The third-order valence-corrected chi connectivity index (χ3v) is 3.84. The summed E-state index contributed by atoms with van der Waals surface area (Å²) in [5, 5.41) is 0. The molecule has 0 aliphatic carbocycles. The summed E-state index contributed by atoms with van der Waals surface area (Å²) in [7, 11) is 0. The molecule has 0 amide bonds. The molecular formula is C18H28O9. The lowest BCUT2D eigenvalue weighted by Crippen LogP contribution is -2.54. The molecule has 1 rings (SSSR count). The topological polar surface area (TPSA) is 114 Å². The maximum Gasteiger partial charge on any atom is 0.307 e. The van der Waals surface area contributed by atoms with E-state index in [-0.39, 0.29) is 38.7 Å². The van der Waals surface area contributed by atoms with E-state index in [0.29, 0.717) is 0 Å². The average molecular weight is 388 g/mol. The lowest BCUT2D eigenvalue weighted by atomic mass is 10.0. The molecule has 0 radical (unpaired) electrons. The molecule has 9 nitrogen and oxygen atoms in total. The molecule has 1 fully saturated rings. The molecule has 27 heavy (non-hydrogen) atoms. The summed E-state index contributed by atoms with van der Waals surface area (Å²) in [6.45, 7) is 6.40. The van der Waals surface area contributed by atoms with Crippen LogP contribution in [-0.2, 0) is 42.9 Å². The Morgan fingerprint density at radius 2 is 1.30 bits per heavy atom. The van der Waals surface area contributed by atoms with E-state index in [1.54, 1.807) is 27.7 Å². The number of rotatable bonds is 9. The van der Waals surface area contributed by atoms with Gasteiger partial charge >= 0.3 is 23.9 Å². The highest BCUT2D eigenvalue weighted by Gasteiger charge is 2.45. The molecule has 0 N–H and O–H groups in total. The molecule has 0 unspecified atom stereocenters. The minimum absolute atomic E-state index is 0.0865. The standard InChI is InChI=1S/C18H28O9/c1-5-13(19)23-10-11-9-12(25-14(20)6-2)17(26-15(21)7-3)18(24-11)27-16(22)8-4/h11-12,17-18H,5-10H2,1-4H3/t11-,12+,17-,18+/m1/s1. The Hall–Kier alpha value is -2.16. The van der Waals surface area contributed by atoms with E-state index >= 15 is 0 Å². The highest BCUT2D eigenvalue weighted by Crippen LogP contribution is 2.28. The van der Waals surface area contributed by atoms with Crippen molar-refractivity contribution in [3.63, 3.8) is 0 Å². The minimum atomic E-state index is -1.26. The van der Waals surface area contributed by atoms with Gasteiger partial charge in [-0.2, -0.15) is 0 Å². The van der Waals surface area contributed by atoms with Crippen LogP contribution in [0.25, 0.3) is 0 Å². The van der Waals surface area contributed by atoms with Crippen LogP contribution in [0.3, 0.4) is 0 Å². The molecule has 0 aromatic rings. The summed E-state index contributed by atoms with van der Waals surface area (Å²) in [4.78, 5) is 46.7. The molecule has 1 heterocycles. The Balaban J connectivity index is 3.00. The van der Waals surface area contributed by atoms with Gasteiger partial charge in [-0.05, 0) is 0 Å². The van der Waals surface area contributed by atoms with Crippen molar-refractivity contribution in [1.82, 2.24) is 0 Å². The quantitative estimate of drug-likeness (QED) is 0.429. The van der Waals surface area contributed by atoms with Crippen molar-refractivity contribution in [1.29, 1.82) is 0 Å². The number of hydrogen-bond donors (Lipinski definition) is 0. The highest BCUT2D eigenvalue weighted by atomic mass is 16.7. The zero-order valence-corrected chi connectivity index (χ0v) is 16.2. The maximum atomic E-state index is 11.8. The van der Waals surface area contributed by atoms with Gasteiger partial charge in [0.1, 0.15) is 12.7 Å². The fourth-order valence-corrected chi connectivity index (χ4v) is 2.33. The van der Waals surface area contributed by atoms with E-state index in [9.17, 15) is 19.2 Å². The van der Waals surface area contributed by atoms with Gasteiger partial charge in [0.25, 0.3) is 0 Å². The van der Waals surface area contributed by atoms with Crippen molar-refractivity contribution in [3.05, 3.63) is 0 Å². The average Bonchev–Trinajstić information content (AvgIpc) is 2.67. The molecule has 4 atom stereocenters. The molecule has 1 aliphatic heterocycles. The van der Waals surface area contributed by atoms with Crippen molar-refractivity contribution in [2.75, 3.05) is 6.61 Å². The minimum Gasteiger partial charge on any atom is -0.463 e. The second-order valence-electron chi connectivity index (χ2n) is 5.93. The first-order chi connectivity index (χ1) is 12.8. The van der Waals surface area contributed by atoms with E-state index in [1.165, 1.54) is 0 Å². The van der Waals surface area contributed by atoms with Gasteiger partial charge in [-0.25, -0.2) is 0 Å². The summed E-state index contributed by atoms with van der Waals surface area (Å²) >= 11 is 0. The van der Waals surface area contributed by atoms with Gasteiger partial charge in [-0.3, -0.25) is 19.2 Å². The normalized spacial score (nSPS) is 24.6. The molecule has 0 aromatic carbocycles. The molecule has 1 saturated heterocycles. The molecule has 9 heteroatoms. The van der Waals surface area contributed by atoms with Crippen LogP contribution in [0, 0.1) is 0 Å². The monoisotopic (exact) mass is 388 g/mol. The van der Waals surface area contributed by atoms with Gasteiger partial charge in [0.05, 0.1) is 6.10 Å². The lowest BCUT2D eigenvalue weighted by molar-refractivity contribution is -0.272. The van der Waals surface area contributed by atoms with Gasteiger partial charge in [-0.15, -0.1) is 0 Å². The van der Waals surface area contributed by atoms with Crippen LogP contribution in [-0.4, -0.2) is 55.1 Å². The van der Waals surface area contributed by atoms with E-state index in [1.807, 2.05) is 0 Å². The van der Waals surface area contributed by atoms with Crippen LogP contribution in [0.1, 0.15) is 59.8 Å². The van der Waals surface area contributed by atoms with Crippen LogP contribution in [0.5, 0.6) is 0 Å². The fourth-order valence-electron chi connectivity index (χ4n) is 2.33. The van der Waals surface area contributed by atoms with Crippen molar-refractivity contribution < 1.29 is 42.9 Å². The molecule has 1 aliphatic rings. The summed E-state index contributed by atoms with van der Waals surface area (Å²) in [6.07, 6.45) is -3.29. The maximum absolute atomic E-state index is 11.8. The van der Waals surface area contributed by atoms with E-state index in [4.69, 9.17) is 23.7 Å². The van der Waals surface area contributed by atoms with Crippen LogP contribution in [0.4, 0.5) is 0 Å². The van der Waals surface area contributed by atoms with Gasteiger partial charge < -0.3 is 23.7 Å². The molecular weight excluding hydrogens is 360 g/mol. The molecule has 0 spiro atoms. The third-order valence-electron chi connectivity index (χ3n) is 3.84. The Kier molecular flexibility index (Phi) is 9.77. The van der Waals surface area contributed by atoms with E-state index in [0.717, 1.165) is 0 Å². The Bertz CT molecular complexity index is 503. The first-order valence-corrected chi connectivity index (χ1v) is 9.23. The first-order valence-electron chi connectivity index (χ1n) is 9.23. The van der Waals surface area contributed by atoms with Gasteiger partial charge in [0, 0.05) is 32.1 Å². The van der Waals surface area contributed by atoms with E-state index < -0.39 is 48.5 Å². The van der Waals surface area contributed by atoms with Gasteiger partial charge in [-0.1, -0.05) is 27.7 Å². The number of ether oxygens (including phenoxy) is 5. The lowest BCUT2D eigenvalue weighted by Gasteiger charge is -2.39. The summed E-state index contributed by atoms with van der Waals surface area (Å²) < 4.78 is 26.7. The van der Waals surface area contributed by atoms with Crippen LogP contribution in [0.2, 0.25) is 0 Å². The van der Waals surface area contributed by atoms with Gasteiger partial charge in [0.2, 0.25) is 12.4 Å². The first kappa shape index (κ1) is 22.9. The number of hydrogen-bond acceptors (Lipinski definition) is 9. The zero-order valence-electron chi connectivity index (χ0n) is 16.2. The summed E-state index contributed by atoms with van der Waals surface area (Å²) in [5.41, 5.74) is 0. The van der Waals surface area contributed by atoms with Crippen molar-refractivity contribution >= 4 is 23.9 Å². The molecule has 0 bridgehead atoms. The van der Waals surface area contributed by atoms with Crippen LogP contribution < -0.4 is 0 Å². The van der Waals surface area contributed by atoms with E-state index in [2.05, 4.69) is 0 Å². The smallest absolute Gasteiger partial charge is 0.307 e. The third kappa shape index (κ3) is 7.54. The molecule has 0 aromatic heterocycles. The largest absolute Gasteiger partial charge is 0.463 e. The predicted molar refractivity (Wildman–Crippen MR) is 91.3 cm³/mol. The van der Waals surface area contributed by atoms with Crippen LogP contribution in [0.15, 0.2) is 0 Å². The van der Waals surface area contributed by atoms with Gasteiger partial charge in [0.15, 0.2) is 0 Å². The highest BCUT2D eigenvalue weighted by molar-refractivity contribution is 5.71. The van der Waals surface area contributed by atoms with Crippen molar-refractivity contribution in [3.8, 4) is 0 Å². The second kappa shape index (κ2) is 11.5. The second-order valence-corrected chi connectivity index (χ2v) is 5.93. The summed E-state index contributed by atoms with van der Waals surface area (Å²) in [5.74, 6) is -2.02. The molecule has 154 valence electrons. The Morgan fingerprint density at radius 3 is 1.85 bits per heavy atom. The fraction of sp³-hybridized carbons (Fsp3) is 0.778. The Labute approximate surface area is 158 Å². The Morgan fingerprint density at radius 1 is 0.778 bits per heavy atom. The van der Waals surface area contributed by atoms with Crippen molar-refractivity contribution in [2.45, 2.75) is 84.4 Å². The summed E-state index contributed by atoms with van der Waals surface area (Å²) in [6, 6.07) is 0. The number of carbonyl (C=O) groups is 4. The van der Waals surface area contributed by atoms with Crippen LogP contribution >= 0.6 is 0 Å². The SMILES string of the molecule is CCC(=O)OC[C@H]1C[C@H](OC(=O)CC)[C@@H](OC(=O)CC)[C@H](OC(=O)CC)O1. The molecule has 0 saturated carbocycles.